The number of unbranched alkanes of at least 4 members (excludes halogenated alkanes) is 13. The lowest BCUT2D eigenvalue weighted by atomic mass is 10.0. The van der Waals surface area contributed by atoms with Crippen molar-refractivity contribution in [3.63, 3.8) is 0 Å². The van der Waals surface area contributed by atoms with E-state index in [0.717, 1.165) is 19.4 Å². The summed E-state index contributed by atoms with van der Waals surface area (Å²) in [4.78, 5) is 11.6. The average Bonchev–Trinajstić information content (AvgIpc) is 2.63. The molecule has 1 unspecified atom stereocenters. The van der Waals surface area contributed by atoms with Crippen molar-refractivity contribution in [2.75, 3.05) is 19.8 Å². The normalized spacial score (nSPS) is 18.0. The summed E-state index contributed by atoms with van der Waals surface area (Å²) in [5.41, 5.74) is 0. The van der Waals surface area contributed by atoms with Crippen LogP contribution in [0.2, 0.25) is 0 Å². The van der Waals surface area contributed by atoms with Crippen LogP contribution < -0.4 is 0 Å². The quantitative estimate of drug-likeness (QED) is 0.290. The van der Waals surface area contributed by atoms with Gasteiger partial charge in [0, 0.05) is 19.6 Å². The average molecular weight is 355 g/mol. The predicted octanol–water partition coefficient (Wildman–Crippen LogP) is 6.23. The van der Waals surface area contributed by atoms with E-state index in [1.807, 2.05) is 0 Å². The largest absolute Gasteiger partial charge is 0.378 e. The highest BCUT2D eigenvalue weighted by Gasteiger charge is 2.22. The van der Waals surface area contributed by atoms with Gasteiger partial charge in [-0.25, -0.2) is 0 Å². The highest BCUT2D eigenvalue weighted by molar-refractivity contribution is 5.83. The predicted molar refractivity (Wildman–Crippen MR) is 105 cm³/mol. The fourth-order valence-corrected chi connectivity index (χ4v) is 3.46. The lowest BCUT2D eigenvalue weighted by Crippen LogP contribution is -2.33. The van der Waals surface area contributed by atoms with Crippen molar-refractivity contribution in [1.29, 1.82) is 0 Å². The van der Waals surface area contributed by atoms with Gasteiger partial charge >= 0.3 is 0 Å². The molecule has 1 fully saturated rings. The van der Waals surface area contributed by atoms with Crippen LogP contribution in [0.25, 0.3) is 0 Å². The van der Waals surface area contributed by atoms with Crippen molar-refractivity contribution in [2.45, 2.75) is 116 Å². The fraction of sp³-hybridized carbons (Fsp3) is 0.955. The molecule has 0 saturated carbocycles. The summed E-state index contributed by atoms with van der Waals surface area (Å²) in [5.74, 6) is 0.215. The Morgan fingerprint density at radius 2 is 1.36 bits per heavy atom. The van der Waals surface area contributed by atoms with E-state index < -0.39 is 0 Å². The van der Waals surface area contributed by atoms with Crippen LogP contribution in [-0.2, 0) is 14.3 Å². The smallest absolute Gasteiger partial charge is 0.164 e. The summed E-state index contributed by atoms with van der Waals surface area (Å²) in [7, 11) is 0. The zero-order valence-electron chi connectivity index (χ0n) is 16.7. The van der Waals surface area contributed by atoms with Gasteiger partial charge in [0.15, 0.2) is 5.78 Å². The standard InChI is InChI=1S/C22H42O3/c1-2-3-4-5-6-7-8-9-10-11-12-13-14-15-18-24-20-22-21(23)17-16-19-25-22/h22H,2-20H2,1H3. The maximum Gasteiger partial charge on any atom is 0.164 e. The van der Waals surface area contributed by atoms with Crippen molar-refractivity contribution in [2.24, 2.45) is 0 Å². The number of hydrogen-bond donors (Lipinski definition) is 0. The molecule has 1 heterocycles. The maximum absolute atomic E-state index is 11.6. The number of carbonyl (C=O) groups is 1. The molecule has 0 aromatic carbocycles. The lowest BCUT2D eigenvalue weighted by molar-refractivity contribution is -0.140. The third kappa shape index (κ3) is 13.5. The molecule has 0 bridgehead atoms. The molecule has 0 aromatic rings. The van der Waals surface area contributed by atoms with Crippen LogP contribution in [-0.4, -0.2) is 31.7 Å². The molecular formula is C22H42O3. The molecule has 3 nitrogen and oxygen atoms in total. The first kappa shape index (κ1) is 22.6. The molecule has 0 aliphatic carbocycles. The molecule has 1 rings (SSSR count). The van der Waals surface area contributed by atoms with Gasteiger partial charge in [0.25, 0.3) is 0 Å². The van der Waals surface area contributed by atoms with Crippen molar-refractivity contribution >= 4 is 5.78 Å². The monoisotopic (exact) mass is 354 g/mol. The summed E-state index contributed by atoms with van der Waals surface area (Å²) in [6.07, 6.45) is 20.4. The van der Waals surface area contributed by atoms with E-state index in [9.17, 15) is 4.79 Å². The first-order chi connectivity index (χ1) is 12.3. The second kappa shape index (κ2) is 17.0. The van der Waals surface area contributed by atoms with Crippen LogP contribution in [0.4, 0.5) is 0 Å². The molecule has 1 aliphatic heterocycles. The van der Waals surface area contributed by atoms with Gasteiger partial charge < -0.3 is 9.47 Å². The zero-order valence-corrected chi connectivity index (χ0v) is 16.7. The van der Waals surface area contributed by atoms with Gasteiger partial charge in [0.1, 0.15) is 6.10 Å². The number of Topliss-reactive ketones (excluding diaryl/α,β-unsaturated/α-hetero) is 1. The Morgan fingerprint density at radius 1 is 0.840 bits per heavy atom. The minimum Gasteiger partial charge on any atom is -0.378 e. The molecule has 1 atom stereocenters. The number of ether oxygens (including phenoxy) is 2. The van der Waals surface area contributed by atoms with Crippen LogP contribution in [0.15, 0.2) is 0 Å². The van der Waals surface area contributed by atoms with Crippen LogP contribution in [0, 0.1) is 0 Å². The SMILES string of the molecule is CCCCCCCCCCCCCCCCOCC1OCCCC1=O. The maximum atomic E-state index is 11.6. The topological polar surface area (TPSA) is 35.5 Å². The summed E-state index contributed by atoms with van der Waals surface area (Å²) < 4.78 is 11.0. The van der Waals surface area contributed by atoms with Gasteiger partial charge in [-0.05, 0) is 12.8 Å². The van der Waals surface area contributed by atoms with Gasteiger partial charge in [0.05, 0.1) is 6.61 Å². The van der Waals surface area contributed by atoms with Gasteiger partial charge in [-0.2, -0.15) is 0 Å². The third-order valence-corrected chi connectivity index (χ3v) is 5.16. The summed E-state index contributed by atoms with van der Waals surface area (Å²) in [6, 6.07) is 0. The fourth-order valence-electron chi connectivity index (χ4n) is 3.46. The van der Waals surface area contributed by atoms with E-state index in [0.29, 0.717) is 19.6 Å². The Hall–Kier alpha value is -0.410. The molecular weight excluding hydrogens is 312 g/mol. The minimum absolute atomic E-state index is 0.215. The molecule has 1 saturated heterocycles. The van der Waals surface area contributed by atoms with Crippen molar-refractivity contribution in [3.8, 4) is 0 Å². The Balaban J connectivity index is 1.71. The highest BCUT2D eigenvalue weighted by atomic mass is 16.5. The lowest BCUT2D eigenvalue weighted by Gasteiger charge is -2.21. The molecule has 0 N–H and O–H groups in total. The Bertz CT molecular complexity index is 304. The number of carbonyl (C=O) groups excluding carboxylic acids is 1. The van der Waals surface area contributed by atoms with Gasteiger partial charge in [-0.1, -0.05) is 90.4 Å². The number of hydrogen-bond acceptors (Lipinski definition) is 3. The first-order valence-electron chi connectivity index (χ1n) is 11.1. The van der Waals surface area contributed by atoms with Crippen LogP contribution in [0.3, 0.4) is 0 Å². The second-order valence-corrected chi connectivity index (χ2v) is 7.60. The molecule has 3 heteroatoms. The number of ketones is 1. The van der Waals surface area contributed by atoms with Crippen molar-refractivity contribution in [1.82, 2.24) is 0 Å². The highest BCUT2D eigenvalue weighted by Crippen LogP contribution is 2.13. The molecule has 0 spiro atoms. The third-order valence-electron chi connectivity index (χ3n) is 5.16. The number of rotatable bonds is 17. The van der Waals surface area contributed by atoms with Crippen LogP contribution in [0.1, 0.15) is 110 Å². The summed E-state index contributed by atoms with van der Waals surface area (Å²) in [6.45, 7) is 4.21. The molecule has 25 heavy (non-hydrogen) atoms. The van der Waals surface area contributed by atoms with Crippen LogP contribution >= 0.6 is 0 Å². The van der Waals surface area contributed by atoms with Gasteiger partial charge in [0.2, 0.25) is 0 Å². The Labute approximate surface area is 156 Å². The summed E-state index contributed by atoms with van der Waals surface area (Å²) >= 11 is 0. The molecule has 148 valence electrons. The zero-order chi connectivity index (χ0) is 18.0. The van der Waals surface area contributed by atoms with Crippen molar-refractivity contribution < 1.29 is 14.3 Å². The molecule has 1 aliphatic rings. The van der Waals surface area contributed by atoms with E-state index >= 15 is 0 Å². The Kier molecular flexibility index (Phi) is 15.4. The second-order valence-electron chi connectivity index (χ2n) is 7.60. The first-order valence-corrected chi connectivity index (χ1v) is 11.1. The van der Waals surface area contributed by atoms with E-state index in [4.69, 9.17) is 9.47 Å². The molecule has 0 aromatic heterocycles. The molecule has 0 amide bonds. The van der Waals surface area contributed by atoms with Crippen molar-refractivity contribution in [3.05, 3.63) is 0 Å². The van der Waals surface area contributed by atoms with Crippen LogP contribution in [0.5, 0.6) is 0 Å². The van der Waals surface area contributed by atoms with Gasteiger partial charge in [-0.15, -0.1) is 0 Å². The van der Waals surface area contributed by atoms with Gasteiger partial charge in [-0.3, -0.25) is 4.79 Å². The Morgan fingerprint density at radius 3 is 1.88 bits per heavy atom. The van der Waals surface area contributed by atoms with E-state index in [1.165, 1.54) is 83.5 Å². The summed E-state index contributed by atoms with van der Waals surface area (Å²) in [5, 5.41) is 0. The molecule has 0 radical (unpaired) electrons. The van der Waals surface area contributed by atoms with E-state index in [2.05, 4.69) is 6.92 Å². The van der Waals surface area contributed by atoms with E-state index in [-0.39, 0.29) is 11.9 Å². The minimum atomic E-state index is -0.291. The van der Waals surface area contributed by atoms with E-state index in [1.54, 1.807) is 0 Å².